The molecule has 5 aromatic rings. The molecular weight excluding hydrogens is 847 g/mol. The number of hydrogen-bond donors (Lipinski definition) is 4. The van der Waals surface area contributed by atoms with Crippen LogP contribution in [0.25, 0.3) is 10.2 Å². The molecule has 5 N–H and O–H groups in total. The number of carbonyl (C=O) groups excluding carboxylic acids is 4. The fraction of sp³-hybridized carbons (Fsp3) is 0.333. The summed E-state index contributed by atoms with van der Waals surface area (Å²) in [6, 6.07) is 26.6. The van der Waals surface area contributed by atoms with Gasteiger partial charge in [-0.3, -0.25) is 19.5 Å². The Labute approximate surface area is 370 Å². The average Bonchev–Trinajstić information content (AvgIpc) is 3.96. The SMILES string of the molecule is COC(=O)c1ccc2nc(C(O)[C@H](CCCN=C(N)NS(=O)(=O)c3ccc(C)cc3)NC(=O)[C@@H]3CCCN3C(=O)[C@@H](Cc3ccccc3)N(C)C(=O)OCc3ccccc3)sc2c1. The van der Waals surface area contributed by atoms with E-state index < -0.39 is 58.1 Å². The Morgan fingerprint density at radius 3 is 2.37 bits per heavy atom. The Morgan fingerprint density at radius 2 is 1.68 bits per heavy atom. The summed E-state index contributed by atoms with van der Waals surface area (Å²) in [6.45, 7) is 2.14. The van der Waals surface area contributed by atoms with Crippen molar-refractivity contribution >= 4 is 61.4 Å². The van der Waals surface area contributed by atoms with Gasteiger partial charge in [0.15, 0.2) is 0 Å². The summed E-state index contributed by atoms with van der Waals surface area (Å²) in [6.07, 6.45) is -0.624. The van der Waals surface area contributed by atoms with Gasteiger partial charge in [-0.1, -0.05) is 78.4 Å². The lowest BCUT2D eigenvalue weighted by molar-refractivity contribution is -0.142. The monoisotopic (exact) mass is 897 g/mol. The third-order valence-electron chi connectivity index (χ3n) is 10.7. The van der Waals surface area contributed by atoms with Crippen LogP contribution >= 0.6 is 11.3 Å². The molecule has 1 fully saturated rings. The molecule has 2 heterocycles. The zero-order chi connectivity index (χ0) is 45.1. The summed E-state index contributed by atoms with van der Waals surface area (Å²) in [5.74, 6) is -1.81. The van der Waals surface area contributed by atoms with Crippen LogP contribution in [0.5, 0.6) is 0 Å². The van der Waals surface area contributed by atoms with Gasteiger partial charge in [0, 0.05) is 26.6 Å². The van der Waals surface area contributed by atoms with E-state index in [2.05, 4.69) is 20.0 Å². The highest BCUT2D eigenvalue weighted by Crippen LogP contribution is 2.31. The average molecular weight is 898 g/mol. The number of guanidine groups is 1. The molecule has 1 saturated heterocycles. The number of benzene rings is 4. The van der Waals surface area contributed by atoms with Gasteiger partial charge in [-0.15, -0.1) is 11.3 Å². The van der Waals surface area contributed by atoms with E-state index in [1.54, 1.807) is 30.3 Å². The number of methoxy groups -OCH3 is 1. The molecule has 3 amide bonds. The van der Waals surface area contributed by atoms with Gasteiger partial charge < -0.3 is 30.5 Å². The second-order valence-electron chi connectivity index (χ2n) is 15.2. The zero-order valence-electron chi connectivity index (χ0n) is 35.2. The van der Waals surface area contributed by atoms with E-state index in [0.717, 1.165) is 28.0 Å². The van der Waals surface area contributed by atoms with Crippen molar-refractivity contribution in [1.82, 2.24) is 24.8 Å². The quantitative estimate of drug-likeness (QED) is 0.0427. The first-order valence-corrected chi connectivity index (χ1v) is 22.7. The Morgan fingerprint density at radius 1 is 1.00 bits per heavy atom. The highest BCUT2D eigenvalue weighted by Gasteiger charge is 2.41. The standard InChI is InChI=1S/C45H51N7O9S2/c1-29-18-21-33(22-19-29)63(58,59)50-44(46)47-24-10-16-35(39(53)41-49-34-23-20-32(43(56)60-3)27-38(34)62-41)48-40(54)36-17-11-25-52(36)42(55)37(26-30-12-6-4-7-13-30)51(2)45(57)61-28-31-14-8-5-9-15-31/h4-9,12-15,18-23,27,35-37,39,53H,10-11,16-17,24-26,28H2,1-3H3,(H,48,54)(H3,46,47,50)/t35-,36-,37+,39?/m0/s1. The Hall–Kier alpha value is -6.37. The third-order valence-corrected chi connectivity index (χ3v) is 13.1. The molecule has 4 aromatic carbocycles. The molecule has 0 spiro atoms. The normalized spacial score (nSPS) is 15.6. The van der Waals surface area contributed by atoms with Gasteiger partial charge in [0.1, 0.15) is 29.8 Å². The molecular formula is C45H51N7O9S2. The number of likely N-dealkylation sites (N-methyl/N-ethyl adjacent to an activating group) is 1. The van der Waals surface area contributed by atoms with E-state index in [4.69, 9.17) is 15.2 Å². The van der Waals surface area contributed by atoms with E-state index in [-0.39, 0.29) is 54.8 Å². The van der Waals surface area contributed by atoms with Gasteiger partial charge in [0.25, 0.3) is 10.0 Å². The van der Waals surface area contributed by atoms with Crippen LogP contribution in [0.1, 0.15) is 63.8 Å². The van der Waals surface area contributed by atoms with Crippen LogP contribution < -0.4 is 15.8 Å². The summed E-state index contributed by atoms with van der Waals surface area (Å²) in [7, 11) is -1.21. The molecule has 0 radical (unpaired) electrons. The van der Waals surface area contributed by atoms with Crippen LogP contribution in [-0.4, -0.2) is 104 Å². The predicted octanol–water partition coefficient (Wildman–Crippen LogP) is 4.85. The van der Waals surface area contributed by atoms with Crippen LogP contribution in [0.15, 0.2) is 113 Å². The number of aryl methyl sites for hydroxylation is 1. The summed E-state index contributed by atoms with van der Waals surface area (Å²) in [5, 5.41) is 15.1. The summed E-state index contributed by atoms with van der Waals surface area (Å²) >= 11 is 1.14. The minimum absolute atomic E-state index is 0.0107. The number of rotatable bonds is 17. The number of aromatic nitrogens is 1. The molecule has 6 rings (SSSR count). The van der Waals surface area contributed by atoms with Crippen molar-refractivity contribution in [3.8, 4) is 0 Å². The van der Waals surface area contributed by atoms with Gasteiger partial charge in [0.2, 0.25) is 17.8 Å². The second-order valence-corrected chi connectivity index (χ2v) is 17.9. The fourth-order valence-corrected chi connectivity index (χ4v) is 9.21. The number of fused-ring (bicyclic) bond motifs is 1. The lowest BCUT2D eigenvalue weighted by Gasteiger charge is -2.33. The summed E-state index contributed by atoms with van der Waals surface area (Å²) < 4.78 is 39.1. The van der Waals surface area contributed by atoms with Crippen LogP contribution in [0.2, 0.25) is 0 Å². The maximum absolute atomic E-state index is 14.5. The number of nitrogens with two attached hydrogens (primary N) is 1. The number of thiazole rings is 1. The van der Waals surface area contributed by atoms with E-state index in [1.807, 2.05) is 67.6 Å². The molecule has 1 aromatic heterocycles. The Kier molecular flexibility index (Phi) is 15.5. The Balaban J connectivity index is 1.20. The molecule has 18 heteroatoms. The van der Waals surface area contributed by atoms with E-state index in [1.165, 1.54) is 36.1 Å². The molecule has 0 bridgehead atoms. The van der Waals surface area contributed by atoms with Crippen LogP contribution in [0.4, 0.5) is 4.79 Å². The number of amides is 3. The molecule has 1 aliphatic heterocycles. The molecule has 1 aliphatic rings. The molecule has 16 nitrogen and oxygen atoms in total. The maximum Gasteiger partial charge on any atom is 0.410 e. The maximum atomic E-state index is 14.5. The van der Waals surface area contributed by atoms with E-state index in [9.17, 15) is 32.7 Å². The number of esters is 1. The molecule has 4 atom stereocenters. The summed E-state index contributed by atoms with van der Waals surface area (Å²) in [5.41, 5.74) is 9.28. The molecule has 332 valence electrons. The van der Waals surface area contributed by atoms with Gasteiger partial charge in [0.05, 0.1) is 33.8 Å². The van der Waals surface area contributed by atoms with Crippen LogP contribution in [0, 0.1) is 6.92 Å². The van der Waals surface area contributed by atoms with Crippen LogP contribution in [0.3, 0.4) is 0 Å². The first kappa shape index (κ1) is 46.1. The van der Waals surface area contributed by atoms with Crippen molar-refractivity contribution in [3.05, 3.63) is 130 Å². The first-order chi connectivity index (χ1) is 30.2. The lowest BCUT2D eigenvalue weighted by Crippen LogP contribution is -2.56. The second kappa shape index (κ2) is 21.1. The van der Waals surface area contributed by atoms with Gasteiger partial charge in [-0.2, -0.15) is 0 Å². The number of carbonyl (C=O) groups is 4. The number of ether oxygens (including phenoxy) is 2. The van der Waals surface area contributed by atoms with E-state index >= 15 is 0 Å². The minimum atomic E-state index is -3.99. The number of likely N-dealkylation sites (tertiary alicyclic amines) is 1. The number of aliphatic imine (C=N–C) groups is 1. The summed E-state index contributed by atoms with van der Waals surface area (Å²) in [4.78, 5) is 66.1. The van der Waals surface area contributed by atoms with Crippen LogP contribution in [-0.2, 0) is 42.1 Å². The number of aliphatic hydroxyl groups excluding tert-OH is 1. The van der Waals surface area contributed by atoms with Gasteiger partial charge in [-0.05, 0) is 74.1 Å². The third kappa shape index (κ3) is 12.0. The number of nitrogens with one attached hydrogen (secondary N) is 2. The minimum Gasteiger partial charge on any atom is -0.465 e. The zero-order valence-corrected chi connectivity index (χ0v) is 36.8. The van der Waals surface area contributed by atoms with Crippen molar-refractivity contribution in [1.29, 1.82) is 0 Å². The molecule has 1 unspecified atom stereocenters. The Bertz CT molecular complexity index is 2520. The fourth-order valence-electron chi connectivity index (χ4n) is 7.20. The largest absolute Gasteiger partial charge is 0.465 e. The number of aliphatic hydroxyl groups is 1. The highest BCUT2D eigenvalue weighted by molar-refractivity contribution is 7.90. The molecule has 0 aliphatic carbocycles. The van der Waals surface area contributed by atoms with Gasteiger partial charge >= 0.3 is 12.1 Å². The number of nitrogens with zero attached hydrogens (tertiary/aromatic N) is 4. The van der Waals surface area contributed by atoms with Crippen molar-refractivity contribution < 1.29 is 42.2 Å². The number of hydrogen-bond acceptors (Lipinski definition) is 12. The molecule has 63 heavy (non-hydrogen) atoms. The lowest BCUT2D eigenvalue weighted by atomic mass is 10.0. The highest BCUT2D eigenvalue weighted by atomic mass is 32.2. The van der Waals surface area contributed by atoms with Crippen molar-refractivity contribution in [2.75, 3.05) is 27.2 Å². The molecule has 0 saturated carbocycles. The predicted molar refractivity (Wildman–Crippen MR) is 238 cm³/mol. The van der Waals surface area contributed by atoms with Gasteiger partial charge in [-0.25, -0.2) is 27.7 Å². The number of sulfonamides is 1. The van der Waals surface area contributed by atoms with E-state index in [0.29, 0.717) is 28.6 Å². The van der Waals surface area contributed by atoms with Crippen molar-refractivity contribution in [3.63, 3.8) is 0 Å². The topological polar surface area (TPSA) is 223 Å². The van der Waals surface area contributed by atoms with Crippen molar-refractivity contribution in [2.24, 2.45) is 10.7 Å². The van der Waals surface area contributed by atoms with Crippen molar-refractivity contribution in [2.45, 2.75) is 74.8 Å². The first-order valence-electron chi connectivity index (χ1n) is 20.4. The smallest absolute Gasteiger partial charge is 0.410 e.